The number of aliphatic carboxylic acids is 1. The van der Waals surface area contributed by atoms with Gasteiger partial charge in [0, 0.05) is 13.0 Å². The van der Waals surface area contributed by atoms with Gasteiger partial charge in [-0.25, -0.2) is 4.79 Å². The molecular formula is C19H18O6. The largest absolute Gasteiger partial charge is 0.497 e. The van der Waals surface area contributed by atoms with Gasteiger partial charge in [0.25, 0.3) is 0 Å². The summed E-state index contributed by atoms with van der Waals surface area (Å²) < 4.78 is 15.3. The Morgan fingerprint density at radius 3 is 1.92 bits per heavy atom. The van der Waals surface area contributed by atoms with E-state index in [0.717, 1.165) is 0 Å². The van der Waals surface area contributed by atoms with Crippen LogP contribution in [0.3, 0.4) is 0 Å². The Morgan fingerprint density at radius 1 is 0.920 bits per heavy atom. The molecule has 0 saturated carbocycles. The molecule has 0 unspecified atom stereocenters. The average Bonchev–Trinajstić information content (AvgIpc) is 2.59. The van der Waals surface area contributed by atoms with E-state index in [-0.39, 0.29) is 5.57 Å². The van der Waals surface area contributed by atoms with Gasteiger partial charge in [-0.3, -0.25) is 4.79 Å². The van der Waals surface area contributed by atoms with E-state index in [4.69, 9.17) is 14.2 Å². The van der Waals surface area contributed by atoms with Gasteiger partial charge in [-0.2, -0.15) is 0 Å². The minimum atomic E-state index is -1.08. The molecule has 2 aromatic carbocycles. The van der Waals surface area contributed by atoms with Gasteiger partial charge in [0.05, 0.1) is 19.8 Å². The maximum atomic E-state index is 11.7. The van der Waals surface area contributed by atoms with Crippen LogP contribution < -0.4 is 14.2 Å². The van der Waals surface area contributed by atoms with Crippen LogP contribution in [0.1, 0.15) is 18.1 Å². The molecule has 0 spiro atoms. The molecule has 0 bridgehead atoms. The molecule has 0 heterocycles. The van der Waals surface area contributed by atoms with Crippen LogP contribution in [0.25, 0.3) is 11.6 Å². The number of rotatable bonds is 6. The molecule has 0 saturated heterocycles. The van der Waals surface area contributed by atoms with Gasteiger partial charge in [-0.15, -0.1) is 0 Å². The number of hydrogen-bond acceptors (Lipinski definition) is 5. The van der Waals surface area contributed by atoms with Gasteiger partial charge >= 0.3 is 11.9 Å². The number of carboxylic acid groups (broad SMARTS) is 1. The smallest absolute Gasteiger partial charge is 0.336 e. The molecule has 0 aromatic heterocycles. The standard InChI is InChI=1S/C19H18O6/c1-12(20)25-15-6-4-13(5-7-15)8-18(19(21)22)14-9-16(23-2)11-17(10-14)24-3/h4-11H,1-3H3,(H,21,22)/b18-8+. The summed E-state index contributed by atoms with van der Waals surface area (Å²) in [7, 11) is 2.99. The van der Waals surface area contributed by atoms with Crippen molar-refractivity contribution in [3.8, 4) is 17.2 Å². The third-order valence-corrected chi connectivity index (χ3v) is 3.35. The molecule has 0 aliphatic heterocycles. The molecule has 0 amide bonds. The Morgan fingerprint density at radius 2 is 1.48 bits per heavy atom. The molecular weight excluding hydrogens is 324 g/mol. The van der Waals surface area contributed by atoms with Gasteiger partial charge in [0.15, 0.2) is 0 Å². The Labute approximate surface area is 145 Å². The van der Waals surface area contributed by atoms with Crippen LogP contribution in [0.4, 0.5) is 0 Å². The van der Waals surface area contributed by atoms with Crippen molar-refractivity contribution in [2.75, 3.05) is 14.2 Å². The van der Waals surface area contributed by atoms with Crippen molar-refractivity contribution < 1.29 is 28.9 Å². The van der Waals surface area contributed by atoms with Crippen molar-refractivity contribution in [1.29, 1.82) is 0 Å². The molecule has 0 aliphatic carbocycles. The van der Waals surface area contributed by atoms with E-state index in [2.05, 4.69) is 0 Å². The first-order chi connectivity index (χ1) is 11.9. The Hall–Kier alpha value is -3.28. The third kappa shape index (κ3) is 4.84. The van der Waals surface area contributed by atoms with Crippen LogP contribution in [-0.4, -0.2) is 31.3 Å². The van der Waals surface area contributed by atoms with Gasteiger partial charge in [-0.1, -0.05) is 12.1 Å². The Kier molecular flexibility index (Phi) is 5.79. The summed E-state index contributed by atoms with van der Waals surface area (Å²) in [5.41, 5.74) is 1.18. The van der Waals surface area contributed by atoms with E-state index in [0.29, 0.717) is 28.4 Å². The second-order valence-electron chi connectivity index (χ2n) is 5.13. The third-order valence-electron chi connectivity index (χ3n) is 3.35. The van der Waals surface area contributed by atoms with E-state index >= 15 is 0 Å². The highest BCUT2D eigenvalue weighted by molar-refractivity contribution is 6.20. The molecule has 0 aliphatic rings. The lowest BCUT2D eigenvalue weighted by atomic mass is 10.0. The molecule has 2 aromatic rings. The number of carboxylic acids is 1. The number of benzene rings is 2. The quantitative estimate of drug-likeness (QED) is 0.375. The number of esters is 1. The van der Waals surface area contributed by atoms with Gasteiger partial charge < -0.3 is 19.3 Å². The van der Waals surface area contributed by atoms with Gasteiger partial charge in [0.2, 0.25) is 0 Å². The van der Waals surface area contributed by atoms with Crippen LogP contribution >= 0.6 is 0 Å². The molecule has 6 nitrogen and oxygen atoms in total. The van der Waals surface area contributed by atoms with Crippen molar-refractivity contribution in [3.05, 3.63) is 53.6 Å². The lowest BCUT2D eigenvalue weighted by molar-refractivity contribution is -0.132. The monoisotopic (exact) mass is 342 g/mol. The highest BCUT2D eigenvalue weighted by Gasteiger charge is 2.13. The summed E-state index contributed by atoms with van der Waals surface area (Å²) in [5.74, 6) is -0.125. The molecule has 0 radical (unpaired) electrons. The van der Waals surface area contributed by atoms with Gasteiger partial charge in [0.1, 0.15) is 17.2 Å². The van der Waals surface area contributed by atoms with Gasteiger partial charge in [-0.05, 0) is 41.5 Å². The first-order valence-corrected chi connectivity index (χ1v) is 7.40. The Bertz CT molecular complexity index is 783. The summed E-state index contributed by atoms with van der Waals surface area (Å²) in [4.78, 5) is 22.6. The van der Waals surface area contributed by atoms with Crippen LogP contribution in [0, 0.1) is 0 Å². The highest BCUT2D eigenvalue weighted by Crippen LogP contribution is 2.28. The normalized spacial score (nSPS) is 10.9. The zero-order valence-corrected chi connectivity index (χ0v) is 14.1. The van der Waals surface area contributed by atoms with Crippen LogP contribution in [0.5, 0.6) is 17.2 Å². The summed E-state index contributed by atoms with van der Waals surface area (Å²) in [6.45, 7) is 1.31. The highest BCUT2D eigenvalue weighted by atomic mass is 16.5. The fourth-order valence-electron chi connectivity index (χ4n) is 2.20. The van der Waals surface area contributed by atoms with Crippen molar-refractivity contribution in [3.63, 3.8) is 0 Å². The number of methoxy groups -OCH3 is 2. The number of hydrogen-bond donors (Lipinski definition) is 1. The molecule has 0 fully saturated rings. The lowest BCUT2D eigenvalue weighted by Gasteiger charge is -2.09. The predicted octanol–water partition coefficient (Wildman–Crippen LogP) is 3.25. The topological polar surface area (TPSA) is 82.1 Å². The first kappa shape index (κ1) is 18.1. The zero-order chi connectivity index (χ0) is 18.4. The molecule has 2 rings (SSSR count). The van der Waals surface area contributed by atoms with E-state index in [1.165, 1.54) is 27.2 Å². The van der Waals surface area contributed by atoms with Crippen LogP contribution in [0.15, 0.2) is 42.5 Å². The molecule has 25 heavy (non-hydrogen) atoms. The maximum absolute atomic E-state index is 11.7. The molecule has 6 heteroatoms. The molecule has 130 valence electrons. The van der Waals surface area contributed by atoms with E-state index in [9.17, 15) is 14.7 Å². The first-order valence-electron chi connectivity index (χ1n) is 7.40. The van der Waals surface area contributed by atoms with Crippen LogP contribution in [-0.2, 0) is 9.59 Å². The van der Waals surface area contributed by atoms with Crippen molar-refractivity contribution in [2.45, 2.75) is 6.92 Å². The van der Waals surface area contributed by atoms with Crippen molar-refractivity contribution in [2.24, 2.45) is 0 Å². The molecule has 0 atom stereocenters. The zero-order valence-electron chi connectivity index (χ0n) is 14.1. The summed E-state index contributed by atoms with van der Waals surface area (Å²) >= 11 is 0. The second kappa shape index (κ2) is 8.01. The number of ether oxygens (including phenoxy) is 3. The summed E-state index contributed by atoms with van der Waals surface area (Å²) in [5, 5.41) is 9.57. The number of carbonyl (C=O) groups excluding carboxylic acids is 1. The van der Waals surface area contributed by atoms with Crippen LogP contribution in [0.2, 0.25) is 0 Å². The summed E-state index contributed by atoms with van der Waals surface area (Å²) in [6, 6.07) is 11.4. The average molecular weight is 342 g/mol. The summed E-state index contributed by atoms with van der Waals surface area (Å²) in [6.07, 6.45) is 1.52. The molecule has 1 N–H and O–H groups in total. The van der Waals surface area contributed by atoms with E-state index in [1.54, 1.807) is 42.5 Å². The SMILES string of the molecule is COc1cc(OC)cc(/C(=C\c2ccc(OC(C)=O)cc2)C(=O)O)c1. The minimum Gasteiger partial charge on any atom is -0.497 e. The Balaban J connectivity index is 2.42. The fourth-order valence-corrected chi connectivity index (χ4v) is 2.20. The predicted molar refractivity (Wildman–Crippen MR) is 92.8 cm³/mol. The fraction of sp³-hybridized carbons (Fsp3) is 0.158. The number of carbonyl (C=O) groups is 2. The van der Waals surface area contributed by atoms with E-state index in [1.807, 2.05) is 0 Å². The van der Waals surface area contributed by atoms with E-state index < -0.39 is 11.9 Å². The van der Waals surface area contributed by atoms with Crippen molar-refractivity contribution >= 4 is 23.6 Å². The minimum absolute atomic E-state index is 0.0810. The lowest BCUT2D eigenvalue weighted by Crippen LogP contribution is -2.02. The van der Waals surface area contributed by atoms with Crippen molar-refractivity contribution in [1.82, 2.24) is 0 Å². The second-order valence-corrected chi connectivity index (χ2v) is 5.13. The maximum Gasteiger partial charge on any atom is 0.336 e.